The maximum Gasteiger partial charge on any atom is 0.180 e. The van der Waals surface area contributed by atoms with E-state index in [1.165, 1.54) is 6.42 Å². The zero-order valence-electron chi connectivity index (χ0n) is 9.38. The first-order chi connectivity index (χ1) is 8.36. The number of hydrogen-bond acceptors (Lipinski definition) is 4. The zero-order chi connectivity index (χ0) is 11.7. The Morgan fingerprint density at radius 2 is 2.18 bits per heavy atom. The van der Waals surface area contributed by atoms with E-state index in [0.29, 0.717) is 0 Å². The van der Waals surface area contributed by atoms with Gasteiger partial charge >= 0.3 is 0 Å². The van der Waals surface area contributed by atoms with Gasteiger partial charge in [-0.15, -0.1) is 0 Å². The highest BCUT2D eigenvalue weighted by molar-refractivity contribution is 9.09. The van der Waals surface area contributed by atoms with Gasteiger partial charge in [0.2, 0.25) is 0 Å². The third-order valence-electron chi connectivity index (χ3n) is 3.14. The molecular formula is C12H13BrN4. The first-order valence-electron chi connectivity index (χ1n) is 5.75. The van der Waals surface area contributed by atoms with Gasteiger partial charge < -0.3 is 4.90 Å². The molecule has 1 saturated heterocycles. The first kappa shape index (κ1) is 10.9. The highest BCUT2D eigenvalue weighted by Gasteiger charge is 2.22. The fraction of sp³-hybridized carbons (Fsp3) is 0.417. The molecule has 1 aliphatic heterocycles. The van der Waals surface area contributed by atoms with Gasteiger partial charge in [-0.2, -0.15) is 0 Å². The van der Waals surface area contributed by atoms with Crippen LogP contribution in [0, 0.1) is 5.92 Å². The summed E-state index contributed by atoms with van der Waals surface area (Å²) in [5, 5.41) is 1.07. The molecule has 0 aliphatic carbocycles. The largest absolute Gasteiger partial charge is 0.356 e. The number of nitrogens with zero attached hydrogens (tertiary/aromatic N) is 4. The molecule has 2 aromatic rings. The predicted octanol–water partition coefficient (Wildman–Crippen LogP) is 2.25. The Labute approximate surface area is 108 Å². The van der Waals surface area contributed by atoms with Gasteiger partial charge in [-0.1, -0.05) is 15.9 Å². The monoisotopic (exact) mass is 292 g/mol. The number of halogens is 1. The molecule has 1 atom stereocenters. The van der Waals surface area contributed by atoms with Crippen LogP contribution in [-0.2, 0) is 0 Å². The number of alkyl halides is 1. The smallest absolute Gasteiger partial charge is 0.180 e. The molecular weight excluding hydrogens is 280 g/mol. The van der Waals surface area contributed by atoms with Crippen molar-refractivity contribution in [2.75, 3.05) is 23.3 Å². The van der Waals surface area contributed by atoms with Crippen LogP contribution in [0.2, 0.25) is 0 Å². The van der Waals surface area contributed by atoms with E-state index in [0.717, 1.165) is 41.3 Å². The lowest BCUT2D eigenvalue weighted by molar-refractivity contribution is 0.675. The lowest BCUT2D eigenvalue weighted by Crippen LogP contribution is -2.21. The molecule has 4 nitrogen and oxygen atoms in total. The molecule has 3 heterocycles. The molecule has 1 fully saturated rings. The predicted molar refractivity (Wildman–Crippen MR) is 71.4 cm³/mol. The molecule has 0 spiro atoms. The van der Waals surface area contributed by atoms with Crippen molar-refractivity contribution < 1.29 is 0 Å². The summed E-state index contributed by atoms with van der Waals surface area (Å²) < 4.78 is 0. The molecule has 0 amide bonds. The van der Waals surface area contributed by atoms with Crippen molar-refractivity contribution >= 4 is 32.9 Å². The molecule has 0 saturated carbocycles. The van der Waals surface area contributed by atoms with Crippen LogP contribution in [0.3, 0.4) is 0 Å². The molecule has 3 rings (SSSR count). The van der Waals surface area contributed by atoms with Crippen LogP contribution in [-0.4, -0.2) is 33.4 Å². The van der Waals surface area contributed by atoms with Crippen LogP contribution >= 0.6 is 15.9 Å². The summed E-state index contributed by atoms with van der Waals surface area (Å²) in [7, 11) is 0. The van der Waals surface area contributed by atoms with Gasteiger partial charge in [-0.05, 0) is 24.5 Å². The molecule has 0 aromatic carbocycles. The van der Waals surface area contributed by atoms with Crippen LogP contribution in [0.5, 0.6) is 0 Å². The number of anilines is 1. The van der Waals surface area contributed by atoms with Gasteiger partial charge in [0.05, 0.1) is 0 Å². The summed E-state index contributed by atoms with van der Waals surface area (Å²) in [5.74, 6) is 1.75. The van der Waals surface area contributed by atoms with E-state index in [1.807, 2.05) is 12.1 Å². The Kier molecular flexibility index (Phi) is 2.93. The van der Waals surface area contributed by atoms with Crippen LogP contribution in [0.15, 0.2) is 24.5 Å². The number of hydrogen-bond donors (Lipinski definition) is 0. The standard InChI is InChI=1S/C12H13BrN4/c13-7-9-3-6-17(8-9)11-2-1-10-12(16-11)15-5-4-14-10/h1-2,4-5,9H,3,6-8H2. The molecule has 0 N–H and O–H groups in total. The average Bonchev–Trinajstić information content (AvgIpc) is 2.87. The van der Waals surface area contributed by atoms with E-state index in [2.05, 4.69) is 35.8 Å². The highest BCUT2D eigenvalue weighted by atomic mass is 79.9. The van der Waals surface area contributed by atoms with E-state index in [1.54, 1.807) is 12.4 Å². The Hall–Kier alpha value is -1.23. The van der Waals surface area contributed by atoms with Crippen molar-refractivity contribution in [2.24, 2.45) is 5.92 Å². The Balaban J connectivity index is 1.91. The van der Waals surface area contributed by atoms with Crippen molar-refractivity contribution in [3.63, 3.8) is 0 Å². The SMILES string of the molecule is BrCC1CCN(c2ccc3nccnc3n2)C1. The highest BCUT2D eigenvalue weighted by Crippen LogP contribution is 2.24. The van der Waals surface area contributed by atoms with Gasteiger partial charge in [0, 0.05) is 30.8 Å². The van der Waals surface area contributed by atoms with Gasteiger partial charge in [-0.25, -0.2) is 9.97 Å². The summed E-state index contributed by atoms with van der Waals surface area (Å²) in [6.45, 7) is 2.15. The quantitative estimate of drug-likeness (QED) is 0.796. The Morgan fingerprint density at radius 3 is 3.00 bits per heavy atom. The maximum absolute atomic E-state index is 4.56. The van der Waals surface area contributed by atoms with Gasteiger partial charge in [0.25, 0.3) is 0 Å². The number of pyridine rings is 1. The van der Waals surface area contributed by atoms with E-state index in [4.69, 9.17) is 0 Å². The number of fused-ring (bicyclic) bond motifs is 1. The van der Waals surface area contributed by atoms with Crippen molar-refractivity contribution in [1.29, 1.82) is 0 Å². The normalized spacial score (nSPS) is 20.1. The molecule has 1 aliphatic rings. The second kappa shape index (κ2) is 4.56. The Morgan fingerprint density at radius 1 is 1.29 bits per heavy atom. The van der Waals surface area contributed by atoms with Crippen LogP contribution < -0.4 is 4.90 Å². The number of aromatic nitrogens is 3. The van der Waals surface area contributed by atoms with E-state index in [-0.39, 0.29) is 0 Å². The van der Waals surface area contributed by atoms with Gasteiger partial charge in [0.15, 0.2) is 5.65 Å². The van der Waals surface area contributed by atoms with E-state index >= 15 is 0 Å². The summed E-state index contributed by atoms with van der Waals surface area (Å²) >= 11 is 3.55. The minimum atomic E-state index is 0.729. The lowest BCUT2D eigenvalue weighted by atomic mass is 10.2. The van der Waals surface area contributed by atoms with Crippen molar-refractivity contribution in [2.45, 2.75) is 6.42 Å². The van der Waals surface area contributed by atoms with Crippen LogP contribution in [0.1, 0.15) is 6.42 Å². The van der Waals surface area contributed by atoms with E-state index in [9.17, 15) is 0 Å². The molecule has 17 heavy (non-hydrogen) atoms. The molecule has 0 bridgehead atoms. The minimum Gasteiger partial charge on any atom is -0.356 e. The molecule has 1 unspecified atom stereocenters. The maximum atomic E-state index is 4.56. The van der Waals surface area contributed by atoms with E-state index < -0.39 is 0 Å². The molecule has 88 valence electrons. The first-order valence-corrected chi connectivity index (χ1v) is 6.87. The lowest BCUT2D eigenvalue weighted by Gasteiger charge is -2.17. The fourth-order valence-corrected chi connectivity index (χ4v) is 2.72. The second-order valence-corrected chi connectivity index (χ2v) is 4.97. The summed E-state index contributed by atoms with van der Waals surface area (Å²) in [6.07, 6.45) is 4.61. The third kappa shape index (κ3) is 2.11. The second-order valence-electron chi connectivity index (χ2n) is 4.32. The van der Waals surface area contributed by atoms with Crippen LogP contribution in [0.4, 0.5) is 5.82 Å². The zero-order valence-corrected chi connectivity index (χ0v) is 11.0. The Bertz CT molecular complexity index is 531. The summed E-state index contributed by atoms with van der Waals surface area (Å²) in [4.78, 5) is 15.4. The van der Waals surface area contributed by atoms with Crippen LogP contribution in [0.25, 0.3) is 11.2 Å². The third-order valence-corrected chi connectivity index (χ3v) is 4.06. The van der Waals surface area contributed by atoms with Gasteiger partial charge in [0.1, 0.15) is 11.3 Å². The molecule has 5 heteroatoms. The minimum absolute atomic E-state index is 0.729. The average molecular weight is 293 g/mol. The van der Waals surface area contributed by atoms with Gasteiger partial charge in [-0.3, -0.25) is 4.98 Å². The van der Waals surface area contributed by atoms with Crippen molar-refractivity contribution in [3.8, 4) is 0 Å². The van der Waals surface area contributed by atoms with Crippen molar-refractivity contribution in [1.82, 2.24) is 15.0 Å². The summed E-state index contributed by atoms with van der Waals surface area (Å²) in [5.41, 5.74) is 1.58. The number of rotatable bonds is 2. The molecule has 0 radical (unpaired) electrons. The summed E-state index contributed by atoms with van der Waals surface area (Å²) in [6, 6.07) is 4.03. The van der Waals surface area contributed by atoms with Crippen molar-refractivity contribution in [3.05, 3.63) is 24.5 Å². The topological polar surface area (TPSA) is 41.9 Å². The molecule has 2 aromatic heterocycles. The fourth-order valence-electron chi connectivity index (χ4n) is 2.19.